The zero-order valence-electron chi connectivity index (χ0n) is 11.6. The van der Waals surface area contributed by atoms with E-state index < -0.39 is 0 Å². The maximum Gasteiger partial charge on any atom is 0.224 e. The highest BCUT2D eigenvalue weighted by atomic mass is 32.2. The van der Waals surface area contributed by atoms with Crippen molar-refractivity contribution >= 4 is 17.7 Å². The monoisotopic (exact) mass is 278 g/mol. The number of thioether (sulfide) groups is 1. The molecule has 3 unspecified atom stereocenters. The van der Waals surface area contributed by atoms with Crippen LogP contribution in [0.4, 0.5) is 0 Å². The third kappa shape index (κ3) is 3.98. The molecule has 2 rings (SSSR count). The van der Waals surface area contributed by atoms with E-state index in [1.165, 1.54) is 0 Å². The van der Waals surface area contributed by atoms with Crippen LogP contribution in [0.15, 0.2) is 30.3 Å². The normalized spacial score (nSPS) is 25.1. The summed E-state index contributed by atoms with van der Waals surface area (Å²) in [6.45, 7) is 6.04. The zero-order chi connectivity index (χ0) is 13.8. The molecule has 1 amide bonds. The quantitative estimate of drug-likeness (QED) is 0.923. The lowest BCUT2D eigenvalue weighted by Crippen LogP contribution is -2.44. The molecule has 0 spiro atoms. The number of rotatable bonds is 3. The molecule has 0 radical (unpaired) electrons. The second-order valence-electron chi connectivity index (χ2n) is 5.28. The van der Waals surface area contributed by atoms with E-state index in [0.717, 1.165) is 18.7 Å². The Morgan fingerprint density at radius 2 is 1.89 bits per heavy atom. The van der Waals surface area contributed by atoms with Gasteiger partial charge in [-0.25, -0.2) is 0 Å². The van der Waals surface area contributed by atoms with Gasteiger partial charge in [-0.05, 0) is 5.56 Å². The summed E-state index contributed by atoms with van der Waals surface area (Å²) in [4.78, 5) is 14.3. The molecule has 3 nitrogen and oxygen atoms in total. The summed E-state index contributed by atoms with van der Waals surface area (Å²) < 4.78 is 0. The van der Waals surface area contributed by atoms with Crippen LogP contribution in [0.3, 0.4) is 0 Å². The molecule has 0 aromatic heterocycles. The fourth-order valence-corrected chi connectivity index (χ4v) is 3.84. The van der Waals surface area contributed by atoms with Gasteiger partial charge in [-0.15, -0.1) is 0 Å². The molecule has 1 fully saturated rings. The fourth-order valence-electron chi connectivity index (χ4n) is 2.52. The molecule has 0 saturated carbocycles. The van der Waals surface area contributed by atoms with Crippen molar-refractivity contribution < 1.29 is 4.79 Å². The van der Waals surface area contributed by atoms with Crippen molar-refractivity contribution in [3.8, 4) is 0 Å². The van der Waals surface area contributed by atoms with E-state index >= 15 is 0 Å². The lowest BCUT2D eigenvalue weighted by molar-refractivity contribution is -0.131. The van der Waals surface area contributed by atoms with Gasteiger partial charge in [-0.2, -0.15) is 11.8 Å². The molecule has 1 aromatic carbocycles. The van der Waals surface area contributed by atoms with Gasteiger partial charge in [0.1, 0.15) is 0 Å². The van der Waals surface area contributed by atoms with Crippen LogP contribution >= 0.6 is 11.8 Å². The van der Waals surface area contributed by atoms with Crippen molar-refractivity contribution in [2.75, 3.05) is 13.1 Å². The average Bonchev–Trinajstić information content (AvgIpc) is 2.38. The highest BCUT2D eigenvalue weighted by molar-refractivity contribution is 8.00. The van der Waals surface area contributed by atoms with Gasteiger partial charge in [0.2, 0.25) is 5.91 Å². The molecule has 19 heavy (non-hydrogen) atoms. The van der Waals surface area contributed by atoms with Gasteiger partial charge in [-0.3, -0.25) is 4.79 Å². The summed E-state index contributed by atoms with van der Waals surface area (Å²) >= 11 is 1.95. The van der Waals surface area contributed by atoms with E-state index in [1.54, 1.807) is 0 Å². The van der Waals surface area contributed by atoms with E-state index in [0.29, 0.717) is 16.9 Å². The Balaban J connectivity index is 1.93. The molecule has 1 heterocycles. The zero-order valence-corrected chi connectivity index (χ0v) is 12.4. The Morgan fingerprint density at radius 1 is 1.32 bits per heavy atom. The third-order valence-electron chi connectivity index (χ3n) is 3.39. The Bertz CT molecular complexity index is 413. The lowest BCUT2D eigenvalue weighted by Gasteiger charge is -2.35. The average molecular weight is 278 g/mol. The number of carbonyl (C=O) groups excluding carboxylic acids is 1. The number of nitrogens with zero attached hydrogens (tertiary/aromatic N) is 1. The number of hydrogen-bond acceptors (Lipinski definition) is 3. The third-order valence-corrected chi connectivity index (χ3v) is 4.62. The smallest absolute Gasteiger partial charge is 0.224 e. The van der Waals surface area contributed by atoms with Crippen LogP contribution in [0.2, 0.25) is 0 Å². The minimum absolute atomic E-state index is 0.176. The van der Waals surface area contributed by atoms with Gasteiger partial charge in [0.05, 0.1) is 0 Å². The summed E-state index contributed by atoms with van der Waals surface area (Å²) in [6.07, 6.45) is 0.397. The van der Waals surface area contributed by atoms with Crippen LogP contribution in [-0.4, -0.2) is 34.4 Å². The summed E-state index contributed by atoms with van der Waals surface area (Å²) in [7, 11) is 0. The predicted octanol–water partition coefficient (Wildman–Crippen LogP) is 2.43. The van der Waals surface area contributed by atoms with Crippen LogP contribution in [0.25, 0.3) is 0 Å². The van der Waals surface area contributed by atoms with Gasteiger partial charge in [0, 0.05) is 36.1 Å². The van der Waals surface area contributed by atoms with Crippen molar-refractivity contribution in [3.05, 3.63) is 35.9 Å². The van der Waals surface area contributed by atoms with E-state index in [2.05, 4.69) is 13.8 Å². The van der Waals surface area contributed by atoms with Crippen LogP contribution in [0, 0.1) is 0 Å². The summed E-state index contributed by atoms with van der Waals surface area (Å²) in [6, 6.07) is 9.64. The van der Waals surface area contributed by atoms with Gasteiger partial charge >= 0.3 is 0 Å². The van der Waals surface area contributed by atoms with E-state index in [4.69, 9.17) is 5.73 Å². The number of nitrogens with two attached hydrogens (primary N) is 1. The molecule has 104 valence electrons. The van der Waals surface area contributed by atoms with Gasteiger partial charge in [-0.1, -0.05) is 44.2 Å². The Hall–Kier alpha value is -1.00. The predicted molar refractivity (Wildman–Crippen MR) is 81.1 cm³/mol. The van der Waals surface area contributed by atoms with E-state index in [9.17, 15) is 4.79 Å². The fraction of sp³-hybridized carbons (Fsp3) is 0.533. The Kier molecular flexibility index (Phi) is 4.88. The van der Waals surface area contributed by atoms with Crippen LogP contribution in [-0.2, 0) is 4.79 Å². The highest BCUT2D eigenvalue weighted by Crippen LogP contribution is 2.26. The first kappa shape index (κ1) is 14.4. The van der Waals surface area contributed by atoms with Crippen molar-refractivity contribution in [3.63, 3.8) is 0 Å². The number of amides is 1. The van der Waals surface area contributed by atoms with Crippen molar-refractivity contribution in [1.82, 2.24) is 4.90 Å². The molecule has 4 heteroatoms. The summed E-state index contributed by atoms with van der Waals surface area (Å²) in [5, 5.41) is 1.03. The first-order valence-electron chi connectivity index (χ1n) is 6.80. The molecular weight excluding hydrogens is 256 g/mol. The maximum absolute atomic E-state index is 12.3. The molecule has 0 bridgehead atoms. The first-order valence-corrected chi connectivity index (χ1v) is 7.74. The van der Waals surface area contributed by atoms with E-state index in [-0.39, 0.29) is 11.9 Å². The summed E-state index contributed by atoms with van der Waals surface area (Å²) in [5.74, 6) is 0.176. The minimum atomic E-state index is -0.200. The van der Waals surface area contributed by atoms with Crippen LogP contribution < -0.4 is 5.73 Å². The first-order chi connectivity index (χ1) is 9.06. The standard InChI is InChI=1S/C15H22N2OS/c1-11-9-17(10-12(2)19-11)15(18)8-14(16)13-6-4-3-5-7-13/h3-7,11-12,14H,8-10,16H2,1-2H3. The Labute approximate surface area is 119 Å². The number of carbonyl (C=O) groups is 1. The SMILES string of the molecule is CC1CN(C(=O)CC(N)c2ccccc2)CC(C)S1. The highest BCUT2D eigenvalue weighted by Gasteiger charge is 2.26. The molecular formula is C15H22N2OS. The molecule has 1 aromatic rings. The molecule has 1 aliphatic rings. The molecule has 3 atom stereocenters. The second kappa shape index (κ2) is 6.44. The molecule has 0 aliphatic carbocycles. The van der Waals surface area contributed by atoms with Gasteiger partial charge in [0.15, 0.2) is 0 Å². The molecule has 1 aliphatic heterocycles. The molecule has 1 saturated heterocycles. The number of benzene rings is 1. The topological polar surface area (TPSA) is 46.3 Å². The van der Waals surface area contributed by atoms with Crippen molar-refractivity contribution in [1.29, 1.82) is 0 Å². The largest absolute Gasteiger partial charge is 0.340 e. The summed E-state index contributed by atoms with van der Waals surface area (Å²) in [5.41, 5.74) is 7.15. The Morgan fingerprint density at radius 3 is 2.47 bits per heavy atom. The van der Waals surface area contributed by atoms with Crippen molar-refractivity contribution in [2.45, 2.75) is 36.8 Å². The van der Waals surface area contributed by atoms with Gasteiger partial charge < -0.3 is 10.6 Å². The van der Waals surface area contributed by atoms with E-state index in [1.807, 2.05) is 47.0 Å². The second-order valence-corrected chi connectivity index (χ2v) is 7.16. The lowest BCUT2D eigenvalue weighted by atomic mass is 10.0. The maximum atomic E-state index is 12.3. The van der Waals surface area contributed by atoms with Crippen molar-refractivity contribution in [2.24, 2.45) is 5.73 Å². The van der Waals surface area contributed by atoms with Crippen LogP contribution in [0.5, 0.6) is 0 Å². The number of hydrogen-bond donors (Lipinski definition) is 1. The minimum Gasteiger partial charge on any atom is -0.340 e. The van der Waals surface area contributed by atoms with Gasteiger partial charge in [0.25, 0.3) is 0 Å². The molecule has 2 N–H and O–H groups in total. The van der Waals surface area contributed by atoms with Crippen LogP contribution in [0.1, 0.15) is 31.9 Å².